The molecule has 4 heteroatoms. The number of hydrogen-bond donors (Lipinski definition) is 1. The quantitative estimate of drug-likeness (QED) is 0.523. The first kappa shape index (κ1) is 12.4. The van der Waals surface area contributed by atoms with Crippen LogP contribution in [0.5, 0.6) is 0 Å². The van der Waals surface area contributed by atoms with Crippen LogP contribution >= 0.6 is 11.8 Å². The fraction of sp³-hybridized carbons (Fsp3) is 0.667. The highest BCUT2D eigenvalue weighted by atomic mass is 32.2. The normalized spacial score (nSPS) is 12.8. The van der Waals surface area contributed by atoms with Crippen molar-refractivity contribution in [2.75, 3.05) is 19.1 Å². The summed E-state index contributed by atoms with van der Waals surface area (Å²) in [6.45, 7) is 2.11. The maximum absolute atomic E-state index is 10.7. The molecule has 0 heterocycles. The third-order valence-corrected chi connectivity index (χ3v) is 2.35. The minimum Gasteiger partial charge on any atom is -0.466 e. The Kier molecular flexibility index (Phi) is 7.59. The first-order valence-corrected chi connectivity index (χ1v) is 5.63. The van der Waals surface area contributed by atoms with Crippen molar-refractivity contribution in [3.63, 3.8) is 0 Å². The van der Waals surface area contributed by atoms with Crippen LogP contribution in [0.4, 0.5) is 0 Å². The Bertz CT molecular complexity index is 171. The number of ether oxygens (including phenoxy) is 1. The number of methoxy groups -OCH3 is 1. The summed E-state index contributed by atoms with van der Waals surface area (Å²) >= 11 is 1.79. The molecule has 0 aromatic heterocycles. The molecular formula is C9H17NO2S. The summed E-state index contributed by atoms with van der Waals surface area (Å²) in [4.78, 5) is 10.7. The van der Waals surface area contributed by atoms with Crippen LogP contribution in [0.1, 0.15) is 13.3 Å². The number of thioether (sulfide) groups is 1. The molecule has 0 spiro atoms. The Hall–Kier alpha value is -0.640. The van der Waals surface area contributed by atoms with Gasteiger partial charge in [0.25, 0.3) is 0 Å². The van der Waals surface area contributed by atoms with Crippen molar-refractivity contribution in [1.29, 1.82) is 0 Å². The zero-order valence-electron chi connectivity index (χ0n) is 8.37. The van der Waals surface area contributed by atoms with Gasteiger partial charge in [-0.1, -0.05) is 6.92 Å². The molecule has 0 aromatic rings. The summed E-state index contributed by atoms with van der Waals surface area (Å²) < 4.78 is 4.45. The third kappa shape index (κ3) is 6.51. The molecule has 0 fully saturated rings. The smallest absolute Gasteiger partial charge is 0.331 e. The van der Waals surface area contributed by atoms with Crippen molar-refractivity contribution in [2.24, 2.45) is 0 Å². The van der Waals surface area contributed by atoms with Crippen molar-refractivity contribution in [3.8, 4) is 0 Å². The highest BCUT2D eigenvalue weighted by molar-refractivity contribution is 7.98. The fourth-order valence-electron chi connectivity index (χ4n) is 0.805. The Morgan fingerprint density at radius 3 is 2.85 bits per heavy atom. The maximum Gasteiger partial charge on any atom is 0.331 e. The second-order valence-corrected chi connectivity index (χ2v) is 3.49. The van der Waals surface area contributed by atoms with Gasteiger partial charge < -0.3 is 10.1 Å². The maximum atomic E-state index is 10.7. The van der Waals surface area contributed by atoms with Gasteiger partial charge in [-0.25, -0.2) is 4.79 Å². The zero-order chi connectivity index (χ0) is 10.1. The molecule has 1 atom stereocenters. The van der Waals surface area contributed by atoms with Gasteiger partial charge in [0.15, 0.2) is 0 Å². The molecule has 0 aromatic carbocycles. The first-order chi connectivity index (χ1) is 6.24. The van der Waals surface area contributed by atoms with E-state index >= 15 is 0 Å². The van der Waals surface area contributed by atoms with E-state index in [9.17, 15) is 4.79 Å². The molecule has 0 aliphatic rings. The summed E-state index contributed by atoms with van der Waals surface area (Å²) in [5, 5.41) is 3.13. The summed E-state index contributed by atoms with van der Waals surface area (Å²) in [5.74, 6) is 0.716. The Balaban J connectivity index is 3.70. The van der Waals surface area contributed by atoms with Crippen LogP contribution in [0.15, 0.2) is 12.3 Å². The zero-order valence-corrected chi connectivity index (χ0v) is 9.19. The predicted molar refractivity (Wildman–Crippen MR) is 56.8 cm³/mol. The van der Waals surface area contributed by atoms with Gasteiger partial charge in [-0.3, -0.25) is 0 Å². The van der Waals surface area contributed by atoms with Crippen molar-refractivity contribution < 1.29 is 9.53 Å². The molecule has 0 amide bonds. The summed E-state index contributed by atoms with van der Waals surface area (Å²) in [7, 11) is 1.37. The Labute approximate surface area is 83.9 Å². The van der Waals surface area contributed by atoms with Gasteiger partial charge in [0.2, 0.25) is 0 Å². The van der Waals surface area contributed by atoms with Crippen LogP contribution in [0.2, 0.25) is 0 Å². The number of nitrogens with one attached hydrogen (secondary N) is 1. The molecule has 0 saturated carbocycles. The van der Waals surface area contributed by atoms with E-state index in [1.165, 1.54) is 13.2 Å². The van der Waals surface area contributed by atoms with Crippen LogP contribution in [-0.4, -0.2) is 31.1 Å². The molecule has 1 unspecified atom stereocenters. The number of rotatable bonds is 6. The molecule has 0 aliphatic carbocycles. The number of carbonyl (C=O) groups is 1. The van der Waals surface area contributed by atoms with Crippen LogP contribution in [0.25, 0.3) is 0 Å². The Morgan fingerprint density at radius 2 is 2.38 bits per heavy atom. The third-order valence-electron chi connectivity index (χ3n) is 1.61. The van der Waals surface area contributed by atoms with Gasteiger partial charge in [0.1, 0.15) is 0 Å². The van der Waals surface area contributed by atoms with Gasteiger partial charge in [0, 0.05) is 24.1 Å². The summed E-state index contributed by atoms with van der Waals surface area (Å²) in [5.41, 5.74) is 0. The largest absolute Gasteiger partial charge is 0.466 e. The van der Waals surface area contributed by atoms with Crippen molar-refractivity contribution >= 4 is 17.7 Å². The molecule has 0 rings (SSSR count). The number of carbonyl (C=O) groups excluding carboxylic acids is 1. The average molecular weight is 203 g/mol. The minimum absolute atomic E-state index is 0.327. The van der Waals surface area contributed by atoms with Crippen molar-refractivity contribution in [2.45, 2.75) is 19.4 Å². The standard InChI is InChI=1S/C9H17NO2S/c1-4-8(7-13-3)10-6-5-9(11)12-2/h5-6,8,10H,4,7H2,1-3H3/b6-5+. The van der Waals surface area contributed by atoms with Crippen LogP contribution in [0, 0.1) is 0 Å². The van der Waals surface area contributed by atoms with Crippen LogP contribution in [0.3, 0.4) is 0 Å². The van der Waals surface area contributed by atoms with E-state index in [4.69, 9.17) is 0 Å². The Morgan fingerprint density at radius 1 is 1.69 bits per heavy atom. The molecular weight excluding hydrogens is 186 g/mol. The van der Waals surface area contributed by atoms with Gasteiger partial charge in [-0.2, -0.15) is 11.8 Å². The minimum atomic E-state index is -0.327. The van der Waals surface area contributed by atoms with E-state index in [0.717, 1.165) is 12.2 Å². The topological polar surface area (TPSA) is 38.3 Å². The first-order valence-electron chi connectivity index (χ1n) is 4.24. The highest BCUT2D eigenvalue weighted by Gasteiger charge is 2.00. The van der Waals surface area contributed by atoms with E-state index in [0.29, 0.717) is 6.04 Å². The average Bonchev–Trinajstić information content (AvgIpc) is 2.16. The lowest BCUT2D eigenvalue weighted by Gasteiger charge is -2.12. The van der Waals surface area contributed by atoms with Gasteiger partial charge in [-0.05, 0) is 12.7 Å². The van der Waals surface area contributed by atoms with Gasteiger partial charge >= 0.3 is 5.97 Å². The second-order valence-electron chi connectivity index (χ2n) is 2.58. The van der Waals surface area contributed by atoms with Gasteiger partial charge in [-0.15, -0.1) is 0 Å². The van der Waals surface area contributed by atoms with Crippen LogP contribution < -0.4 is 5.32 Å². The molecule has 0 saturated heterocycles. The monoisotopic (exact) mass is 203 g/mol. The lowest BCUT2D eigenvalue weighted by molar-refractivity contribution is -0.134. The second kappa shape index (κ2) is 7.98. The lowest BCUT2D eigenvalue weighted by atomic mass is 10.3. The lowest BCUT2D eigenvalue weighted by Crippen LogP contribution is -2.26. The number of hydrogen-bond acceptors (Lipinski definition) is 4. The van der Waals surface area contributed by atoms with Crippen molar-refractivity contribution in [3.05, 3.63) is 12.3 Å². The van der Waals surface area contributed by atoms with E-state index in [-0.39, 0.29) is 5.97 Å². The molecule has 1 N–H and O–H groups in total. The van der Waals surface area contributed by atoms with E-state index in [1.54, 1.807) is 18.0 Å². The fourth-order valence-corrected chi connectivity index (χ4v) is 1.54. The molecule has 76 valence electrons. The molecule has 13 heavy (non-hydrogen) atoms. The van der Waals surface area contributed by atoms with Crippen molar-refractivity contribution in [1.82, 2.24) is 5.32 Å². The van der Waals surface area contributed by atoms with Crippen LogP contribution in [-0.2, 0) is 9.53 Å². The summed E-state index contributed by atoms with van der Waals surface area (Å²) in [6, 6.07) is 0.427. The molecule has 0 radical (unpaired) electrons. The highest BCUT2D eigenvalue weighted by Crippen LogP contribution is 2.00. The SMILES string of the molecule is CCC(CSC)N/C=C/C(=O)OC. The van der Waals surface area contributed by atoms with E-state index in [2.05, 4.69) is 23.2 Å². The van der Waals surface area contributed by atoms with E-state index in [1.807, 2.05) is 0 Å². The number of esters is 1. The molecule has 0 bridgehead atoms. The molecule has 3 nitrogen and oxygen atoms in total. The van der Waals surface area contributed by atoms with E-state index < -0.39 is 0 Å². The van der Waals surface area contributed by atoms with Gasteiger partial charge in [0.05, 0.1) is 7.11 Å². The predicted octanol–water partition coefficient (Wildman–Crippen LogP) is 1.40. The molecule has 0 aliphatic heterocycles. The summed E-state index contributed by atoms with van der Waals surface area (Å²) in [6.07, 6.45) is 6.15.